The van der Waals surface area contributed by atoms with E-state index in [0.717, 1.165) is 5.56 Å². The van der Waals surface area contributed by atoms with Crippen molar-refractivity contribution in [2.45, 2.75) is 32.7 Å². The third-order valence-electron chi connectivity index (χ3n) is 3.45. The van der Waals surface area contributed by atoms with Gasteiger partial charge in [-0.1, -0.05) is 17.7 Å². The monoisotopic (exact) mass is 290 g/mol. The highest BCUT2D eigenvalue weighted by Crippen LogP contribution is 2.33. The number of carboxylic acid groups (broad SMARTS) is 1. The average molecular weight is 290 g/mol. The molecule has 1 aliphatic rings. The summed E-state index contributed by atoms with van der Waals surface area (Å²) in [4.78, 5) is 23.4. The zero-order valence-corrected chi connectivity index (χ0v) is 12.3. The molecule has 1 aromatic carbocycles. The van der Waals surface area contributed by atoms with E-state index in [9.17, 15) is 14.7 Å². The van der Waals surface area contributed by atoms with Crippen LogP contribution >= 0.6 is 0 Å². The fourth-order valence-corrected chi connectivity index (χ4v) is 2.19. The van der Waals surface area contributed by atoms with Crippen LogP contribution in [-0.4, -0.2) is 34.9 Å². The summed E-state index contributed by atoms with van der Waals surface area (Å²) in [6, 6.07) is 7.31. The maximum absolute atomic E-state index is 11.8. The van der Waals surface area contributed by atoms with Crippen LogP contribution in [0.4, 0.5) is 5.69 Å². The number of esters is 1. The first-order valence-electron chi connectivity index (χ1n) is 6.73. The van der Waals surface area contributed by atoms with Crippen molar-refractivity contribution in [1.29, 1.82) is 0 Å². The number of carbonyl (C=O) groups excluding carboxylic acids is 1. The number of nitrogens with zero attached hydrogens (tertiary/aromatic N) is 2. The normalized spacial score (nSPS) is 21.1. The topological polar surface area (TPSA) is 79.2 Å². The molecule has 1 heterocycles. The Morgan fingerprint density at radius 1 is 1.38 bits per heavy atom. The Bertz CT molecular complexity index is 594. The number of hydrogen-bond acceptors (Lipinski definition) is 5. The van der Waals surface area contributed by atoms with E-state index in [0.29, 0.717) is 5.69 Å². The van der Waals surface area contributed by atoms with Gasteiger partial charge in [-0.25, -0.2) is 14.6 Å². The molecule has 1 aliphatic heterocycles. The highest BCUT2D eigenvalue weighted by molar-refractivity contribution is 6.38. The van der Waals surface area contributed by atoms with E-state index in [4.69, 9.17) is 4.74 Å². The highest BCUT2D eigenvalue weighted by Gasteiger charge is 2.48. The van der Waals surface area contributed by atoms with Crippen LogP contribution in [0.1, 0.15) is 25.8 Å². The molecule has 0 aromatic heterocycles. The van der Waals surface area contributed by atoms with Gasteiger partial charge in [0.15, 0.2) is 5.54 Å². The van der Waals surface area contributed by atoms with Gasteiger partial charge in [-0.2, -0.15) is 5.10 Å². The molecule has 0 amide bonds. The number of aliphatic carboxylic acids is 1. The van der Waals surface area contributed by atoms with Crippen LogP contribution in [0.15, 0.2) is 29.4 Å². The number of aryl methyl sites for hydroxylation is 1. The molecule has 6 heteroatoms. The lowest BCUT2D eigenvalue weighted by atomic mass is 9.95. The number of carbonyl (C=O) groups is 2. The van der Waals surface area contributed by atoms with Crippen molar-refractivity contribution in [2.75, 3.05) is 11.6 Å². The molecule has 1 unspecified atom stereocenters. The molecular weight excluding hydrogens is 272 g/mol. The summed E-state index contributed by atoms with van der Waals surface area (Å²) in [6.45, 7) is 5.41. The molecule has 0 spiro atoms. The van der Waals surface area contributed by atoms with Gasteiger partial charge in [0.25, 0.3) is 0 Å². The molecule has 0 saturated heterocycles. The van der Waals surface area contributed by atoms with Crippen molar-refractivity contribution in [2.24, 2.45) is 5.10 Å². The van der Waals surface area contributed by atoms with Gasteiger partial charge in [0, 0.05) is 6.42 Å². The van der Waals surface area contributed by atoms with Crippen molar-refractivity contribution >= 4 is 23.3 Å². The minimum Gasteiger partial charge on any atom is -0.479 e. The van der Waals surface area contributed by atoms with Crippen LogP contribution in [0.2, 0.25) is 0 Å². The number of ether oxygens (including phenoxy) is 1. The zero-order valence-electron chi connectivity index (χ0n) is 12.3. The fraction of sp³-hybridized carbons (Fsp3) is 0.400. The molecule has 0 radical (unpaired) electrons. The van der Waals surface area contributed by atoms with E-state index >= 15 is 0 Å². The second-order valence-electron chi connectivity index (χ2n) is 5.17. The zero-order chi connectivity index (χ0) is 15.6. The molecular formula is C15H18N2O4. The third-order valence-corrected chi connectivity index (χ3v) is 3.45. The van der Waals surface area contributed by atoms with Gasteiger partial charge in [-0.3, -0.25) is 0 Å². The molecule has 2 rings (SSSR count). The Kier molecular flexibility index (Phi) is 3.97. The lowest BCUT2D eigenvalue weighted by Gasteiger charge is -2.30. The summed E-state index contributed by atoms with van der Waals surface area (Å²) in [5.41, 5.74) is 0.522. The Morgan fingerprint density at radius 2 is 2.00 bits per heavy atom. The molecule has 112 valence electrons. The minimum atomic E-state index is -1.29. The quantitative estimate of drug-likeness (QED) is 0.858. The Labute approximate surface area is 123 Å². The van der Waals surface area contributed by atoms with Gasteiger partial charge in [0.1, 0.15) is 5.71 Å². The van der Waals surface area contributed by atoms with Crippen LogP contribution in [0, 0.1) is 6.92 Å². The fourth-order valence-electron chi connectivity index (χ4n) is 2.19. The predicted molar refractivity (Wildman–Crippen MR) is 78.4 cm³/mol. The van der Waals surface area contributed by atoms with Crippen molar-refractivity contribution in [1.82, 2.24) is 0 Å². The largest absolute Gasteiger partial charge is 0.479 e. The second kappa shape index (κ2) is 5.55. The number of hydrazone groups is 1. The SMILES string of the molecule is CCOC(=O)C1=NN(c2ccc(C)cc2)C(C)(C(=O)O)C1. The van der Waals surface area contributed by atoms with Crippen molar-refractivity contribution < 1.29 is 19.4 Å². The molecule has 0 aliphatic carbocycles. The van der Waals surface area contributed by atoms with E-state index in [2.05, 4.69) is 5.10 Å². The maximum Gasteiger partial charge on any atom is 0.354 e. The third kappa shape index (κ3) is 2.74. The molecule has 0 saturated carbocycles. The summed E-state index contributed by atoms with van der Waals surface area (Å²) < 4.78 is 4.91. The smallest absolute Gasteiger partial charge is 0.354 e. The summed E-state index contributed by atoms with van der Waals surface area (Å²) in [5, 5.41) is 15.1. The van der Waals surface area contributed by atoms with Crippen LogP contribution in [0.25, 0.3) is 0 Å². The highest BCUT2D eigenvalue weighted by atomic mass is 16.5. The van der Waals surface area contributed by atoms with Gasteiger partial charge in [0.2, 0.25) is 0 Å². The van der Waals surface area contributed by atoms with Gasteiger partial charge < -0.3 is 9.84 Å². The maximum atomic E-state index is 11.8. The molecule has 0 bridgehead atoms. The van der Waals surface area contributed by atoms with Crippen LogP contribution < -0.4 is 5.01 Å². The number of anilines is 1. The van der Waals surface area contributed by atoms with Crippen LogP contribution in [-0.2, 0) is 14.3 Å². The Balaban J connectivity index is 2.40. The van der Waals surface area contributed by atoms with E-state index in [1.165, 1.54) is 5.01 Å². The number of benzene rings is 1. The number of carboxylic acids is 1. The van der Waals surface area contributed by atoms with E-state index in [-0.39, 0.29) is 18.7 Å². The van der Waals surface area contributed by atoms with E-state index in [1.807, 2.05) is 19.1 Å². The van der Waals surface area contributed by atoms with Gasteiger partial charge in [0.05, 0.1) is 12.3 Å². The minimum absolute atomic E-state index is 0.00897. The first-order valence-corrected chi connectivity index (χ1v) is 6.73. The first-order chi connectivity index (χ1) is 9.88. The molecule has 1 aromatic rings. The number of hydrogen-bond donors (Lipinski definition) is 1. The van der Waals surface area contributed by atoms with Gasteiger partial charge in [-0.05, 0) is 32.9 Å². The summed E-state index contributed by atoms with van der Waals surface area (Å²) in [5.74, 6) is -1.61. The number of rotatable bonds is 4. The Morgan fingerprint density at radius 3 is 2.52 bits per heavy atom. The van der Waals surface area contributed by atoms with Crippen LogP contribution in [0.3, 0.4) is 0 Å². The summed E-state index contributed by atoms with van der Waals surface area (Å²) in [6.07, 6.45) is 0.00897. The summed E-state index contributed by atoms with van der Waals surface area (Å²) in [7, 11) is 0. The Hall–Kier alpha value is -2.37. The van der Waals surface area contributed by atoms with Crippen molar-refractivity contribution in [3.8, 4) is 0 Å². The molecule has 0 fully saturated rings. The predicted octanol–water partition coefficient (Wildman–Crippen LogP) is 1.97. The second-order valence-corrected chi connectivity index (χ2v) is 5.17. The first kappa shape index (κ1) is 15.0. The van der Waals surface area contributed by atoms with E-state index < -0.39 is 17.5 Å². The molecule has 21 heavy (non-hydrogen) atoms. The standard InChI is InChI=1S/C15H18N2O4/c1-4-21-13(18)12-9-15(3,14(19)20)17(16-12)11-7-5-10(2)6-8-11/h5-8H,4,9H2,1-3H3,(H,19,20). The van der Waals surface area contributed by atoms with E-state index in [1.54, 1.807) is 26.0 Å². The molecule has 6 nitrogen and oxygen atoms in total. The molecule has 1 atom stereocenters. The summed E-state index contributed by atoms with van der Waals surface area (Å²) >= 11 is 0. The van der Waals surface area contributed by atoms with Gasteiger partial charge in [-0.15, -0.1) is 0 Å². The average Bonchev–Trinajstić information content (AvgIpc) is 2.80. The van der Waals surface area contributed by atoms with Crippen LogP contribution in [0.5, 0.6) is 0 Å². The van der Waals surface area contributed by atoms with Crippen molar-refractivity contribution in [3.63, 3.8) is 0 Å². The molecule has 1 N–H and O–H groups in total. The lowest BCUT2D eigenvalue weighted by Crippen LogP contribution is -2.47. The lowest BCUT2D eigenvalue weighted by molar-refractivity contribution is -0.142. The van der Waals surface area contributed by atoms with Gasteiger partial charge >= 0.3 is 11.9 Å². The van der Waals surface area contributed by atoms with Crippen molar-refractivity contribution in [3.05, 3.63) is 29.8 Å².